The van der Waals surface area contributed by atoms with Gasteiger partial charge in [-0.2, -0.15) is 5.10 Å². The predicted molar refractivity (Wildman–Crippen MR) is 55.8 cm³/mol. The SMILES string of the molecule is CN1CCCC(N)C1c1ccnn1C. The van der Waals surface area contributed by atoms with Crippen LogP contribution in [0.5, 0.6) is 0 Å². The highest BCUT2D eigenvalue weighted by molar-refractivity contribution is 5.10. The third-order valence-electron chi connectivity index (χ3n) is 3.09. The second-order valence-electron chi connectivity index (χ2n) is 4.11. The van der Waals surface area contributed by atoms with Gasteiger partial charge in [-0.1, -0.05) is 0 Å². The number of hydrogen-bond acceptors (Lipinski definition) is 3. The molecule has 0 bridgehead atoms. The number of aromatic nitrogens is 2. The average molecular weight is 194 g/mol. The van der Waals surface area contributed by atoms with Crippen LogP contribution in [-0.2, 0) is 7.05 Å². The lowest BCUT2D eigenvalue weighted by molar-refractivity contribution is 0.155. The van der Waals surface area contributed by atoms with Crippen LogP contribution < -0.4 is 5.73 Å². The molecule has 14 heavy (non-hydrogen) atoms. The monoisotopic (exact) mass is 194 g/mol. The number of nitrogens with zero attached hydrogens (tertiary/aromatic N) is 3. The molecule has 4 heteroatoms. The number of aryl methyl sites for hydroxylation is 1. The molecule has 0 saturated carbocycles. The molecule has 0 aromatic carbocycles. The summed E-state index contributed by atoms with van der Waals surface area (Å²) in [6.45, 7) is 1.13. The fourth-order valence-corrected chi connectivity index (χ4v) is 2.32. The maximum absolute atomic E-state index is 6.15. The molecular formula is C10H18N4. The topological polar surface area (TPSA) is 47.1 Å². The zero-order chi connectivity index (χ0) is 10.1. The molecule has 2 N–H and O–H groups in total. The fraction of sp³-hybridized carbons (Fsp3) is 0.700. The van der Waals surface area contributed by atoms with Gasteiger partial charge in [0.25, 0.3) is 0 Å². The van der Waals surface area contributed by atoms with Crippen molar-refractivity contribution in [1.82, 2.24) is 14.7 Å². The van der Waals surface area contributed by atoms with E-state index in [1.165, 1.54) is 12.1 Å². The van der Waals surface area contributed by atoms with Crippen LogP contribution in [0.15, 0.2) is 12.3 Å². The summed E-state index contributed by atoms with van der Waals surface area (Å²) >= 11 is 0. The van der Waals surface area contributed by atoms with Crippen LogP contribution in [0.2, 0.25) is 0 Å². The van der Waals surface area contributed by atoms with Gasteiger partial charge in [0.2, 0.25) is 0 Å². The number of likely N-dealkylation sites (tertiary alicyclic amines) is 1. The Hall–Kier alpha value is -0.870. The molecule has 1 aromatic rings. The molecule has 1 aromatic heterocycles. The van der Waals surface area contributed by atoms with E-state index >= 15 is 0 Å². The first kappa shape index (κ1) is 9.68. The van der Waals surface area contributed by atoms with Gasteiger partial charge in [-0.05, 0) is 32.5 Å². The molecule has 0 amide bonds. The van der Waals surface area contributed by atoms with Crippen LogP contribution in [-0.4, -0.2) is 34.3 Å². The summed E-state index contributed by atoms with van der Waals surface area (Å²) in [6.07, 6.45) is 4.15. The molecule has 2 heterocycles. The molecule has 2 atom stereocenters. The molecule has 2 rings (SSSR count). The van der Waals surface area contributed by atoms with E-state index in [4.69, 9.17) is 5.73 Å². The smallest absolute Gasteiger partial charge is 0.0667 e. The molecular weight excluding hydrogens is 176 g/mol. The molecule has 1 aliphatic heterocycles. The maximum Gasteiger partial charge on any atom is 0.0667 e. The molecule has 2 unspecified atom stereocenters. The van der Waals surface area contributed by atoms with E-state index in [1.807, 2.05) is 17.9 Å². The van der Waals surface area contributed by atoms with Crippen molar-refractivity contribution >= 4 is 0 Å². The van der Waals surface area contributed by atoms with Crippen molar-refractivity contribution in [2.24, 2.45) is 12.8 Å². The van der Waals surface area contributed by atoms with Gasteiger partial charge in [0.05, 0.1) is 11.7 Å². The highest BCUT2D eigenvalue weighted by Crippen LogP contribution is 2.27. The van der Waals surface area contributed by atoms with Crippen molar-refractivity contribution in [3.8, 4) is 0 Å². The van der Waals surface area contributed by atoms with Crippen LogP contribution in [0.25, 0.3) is 0 Å². The van der Waals surface area contributed by atoms with Gasteiger partial charge in [0, 0.05) is 19.3 Å². The van der Waals surface area contributed by atoms with E-state index in [0.29, 0.717) is 6.04 Å². The number of hydrogen-bond donors (Lipinski definition) is 1. The highest BCUT2D eigenvalue weighted by atomic mass is 15.3. The van der Waals surface area contributed by atoms with Crippen LogP contribution >= 0.6 is 0 Å². The average Bonchev–Trinajstić information content (AvgIpc) is 2.52. The third-order valence-corrected chi connectivity index (χ3v) is 3.09. The fourth-order valence-electron chi connectivity index (χ4n) is 2.32. The number of nitrogens with two attached hydrogens (primary N) is 1. The van der Waals surface area contributed by atoms with Gasteiger partial charge in [-0.25, -0.2) is 0 Å². The first-order valence-electron chi connectivity index (χ1n) is 5.14. The lowest BCUT2D eigenvalue weighted by Crippen LogP contribution is -2.44. The number of rotatable bonds is 1. The minimum absolute atomic E-state index is 0.240. The summed E-state index contributed by atoms with van der Waals surface area (Å²) in [5.41, 5.74) is 7.37. The third kappa shape index (κ3) is 1.55. The minimum Gasteiger partial charge on any atom is -0.326 e. The van der Waals surface area contributed by atoms with Gasteiger partial charge < -0.3 is 5.73 Å². The van der Waals surface area contributed by atoms with Crippen molar-refractivity contribution in [3.05, 3.63) is 18.0 Å². The second kappa shape index (κ2) is 3.71. The summed E-state index contributed by atoms with van der Waals surface area (Å²) in [5, 5.41) is 4.20. The Morgan fingerprint density at radius 3 is 2.86 bits per heavy atom. The highest BCUT2D eigenvalue weighted by Gasteiger charge is 2.29. The molecule has 1 aliphatic rings. The Labute approximate surface area is 84.7 Å². The molecule has 4 nitrogen and oxygen atoms in total. The van der Waals surface area contributed by atoms with Crippen LogP contribution in [0.4, 0.5) is 0 Å². The van der Waals surface area contributed by atoms with Crippen molar-refractivity contribution < 1.29 is 0 Å². The number of likely N-dealkylation sites (N-methyl/N-ethyl adjacent to an activating group) is 1. The van der Waals surface area contributed by atoms with Gasteiger partial charge in [0.1, 0.15) is 0 Å². The Balaban J connectivity index is 2.26. The van der Waals surface area contributed by atoms with Crippen molar-refractivity contribution in [2.75, 3.05) is 13.6 Å². The van der Waals surface area contributed by atoms with E-state index in [9.17, 15) is 0 Å². The Bertz CT molecular complexity index is 297. The Morgan fingerprint density at radius 2 is 2.29 bits per heavy atom. The van der Waals surface area contributed by atoms with Crippen molar-refractivity contribution in [3.63, 3.8) is 0 Å². The zero-order valence-electron chi connectivity index (χ0n) is 8.85. The van der Waals surface area contributed by atoms with E-state index in [0.717, 1.165) is 13.0 Å². The van der Waals surface area contributed by atoms with Gasteiger partial charge >= 0.3 is 0 Å². The lowest BCUT2D eigenvalue weighted by atomic mass is 9.95. The first-order chi connectivity index (χ1) is 6.70. The van der Waals surface area contributed by atoms with E-state index in [-0.39, 0.29) is 6.04 Å². The van der Waals surface area contributed by atoms with Gasteiger partial charge in [0.15, 0.2) is 0 Å². The lowest BCUT2D eigenvalue weighted by Gasteiger charge is -2.37. The zero-order valence-corrected chi connectivity index (χ0v) is 8.85. The second-order valence-corrected chi connectivity index (χ2v) is 4.11. The summed E-state index contributed by atoms with van der Waals surface area (Å²) < 4.78 is 1.92. The standard InChI is InChI=1S/C10H18N4/c1-13-7-3-4-8(11)10(13)9-5-6-12-14(9)2/h5-6,8,10H,3-4,7,11H2,1-2H3. The van der Waals surface area contributed by atoms with E-state index in [2.05, 4.69) is 23.1 Å². The quantitative estimate of drug-likeness (QED) is 0.708. The van der Waals surface area contributed by atoms with Crippen molar-refractivity contribution in [1.29, 1.82) is 0 Å². The predicted octanol–water partition coefficient (Wildman–Crippen LogP) is 0.514. The van der Waals surface area contributed by atoms with Gasteiger partial charge in [-0.3, -0.25) is 9.58 Å². The van der Waals surface area contributed by atoms with Crippen LogP contribution in [0.3, 0.4) is 0 Å². The summed E-state index contributed by atoms with van der Waals surface area (Å²) in [6, 6.07) is 2.63. The normalized spacial score (nSPS) is 29.4. The Kier molecular flexibility index (Phi) is 2.56. The molecule has 0 spiro atoms. The van der Waals surface area contributed by atoms with Crippen LogP contribution in [0, 0.1) is 0 Å². The summed E-state index contributed by atoms with van der Waals surface area (Å²) in [5.74, 6) is 0. The van der Waals surface area contributed by atoms with Gasteiger partial charge in [-0.15, -0.1) is 0 Å². The molecule has 0 aliphatic carbocycles. The largest absolute Gasteiger partial charge is 0.326 e. The van der Waals surface area contributed by atoms with E-state index < -0.39 is 0 Å². The molecule has 0 radical (unpaired) electrons. The number of piperidine rings is 1. The Morgan fingerprint density at radius 1 is 1.50 bits per heavy atom. The molecule has 1 saturated heterocycles. The first-order valence-corrected chi connectivity index (χ1v) is 5.14. The summed E-state index contributed by atoms with van der Waals surface area (Å²) in [7, 11) is 4.11. The molecule has 1 fully saturated rings. The molecule has 78 valence electrons. The maximum atomic E-state index is 6.15. The van der Waals surface area contributed by atoms with Crippen LogP contribution in [0.1, 0.15) is 24.6 Å². The minimum atomic E-state index is 0.240. The van der Waals surface area contributed by atoms with E-state index in [1.54, 1.807) is 0 Å². The van der Waals surface area contributed by atoms with Crippen molar-refractivity contribution in [2.45, 2.75) is 24.9 Å². The summed E-state index contributed by atoms with van der Waals surface area (Å²) in [4.78, 5) is 2.32.